The van der Waals surface area contributed by atoms with Crippen LogP contribution in [0.1, 0.15) is 51.5 Å². The van der Waals surface area contributed by atoms with Crippen molar-refractivity contribution in [3.05, 3.63) is 49.3 Å². The van der Waals surface area contributed by atoms with Gasteiger partial charge in [-0.2, -0.15) is 0 Å². The molecular weight excluding hydrogens is 286 g/mol. The summed E-state index contributed by atoms with van der Waals surface area (Å²) in [6.45, 7) is 7.76. The third-order valence-corrected chi connectivity index (χ3v) is 4.14. The van der Waals surface area contributed by atoms with E-state index in [1.807, 2.05) is 27.7 Å². The van der Waals surface area contributed by atoms with Crippen LogP contribution in [0.2, 0.25) is 0 Å². The Morgan fingerprint density at radius 3 is 2.71 bits per heavy atom. The Bertz CT molecular complexity index is 718. The van der Waals surface area contributed by atoms with E-state index in [9.17, 15) is 9.59 Å². The number of H-pyrrole nitrogens is 1. The maximum absolute atomic E-state index is 12.3. The van der Waals surface area contributed by atoms with E-state index in [2.05, 4.69) is 15.3 Å². The van der Waals surface area contributed by atoms with E-state index >= 15 is 0 Å². The molecule has 1 atom stereocenters. The van der Waals surface area contributed by atoms with Crippen molar-refractivity contribution in [2.75, 3.05) is 0 Å². The molecule has 0 unspecified atom stereocenters. The molecule has 0 aliphatic carbocycles. The first kappa shape index (κ1) is 15.4. The van der Waals surface area contributed by atoms with E-state index in [0.29, 0.717) is 12.0 Å². The van der Waals surface area contributed by atoms with Crippen molar-refractivity contribution >= 4 is 17.2 Å². The first-order valence-electron chi connectivity index (χ1n) is 6.88. The van der Waals surface area contributed by atoms with Gasteiger partial charge >= 0.3 is 0 Å². The summed E-state index contributed by atoms with van der Waals surface area (Å²) in [6, 6.07) is 2.84. The predicted molar refractivity (Wildman–Crippen MR) is 83.9 cm³/mol. The fraction of sp³-hybridized carbons (Fsp3) is 0.400. The summed E-state index contributed by atoms with van der Waals surface area (Å²) < 4.78 is 0. The van der Waals surface area contributed by atoms with Gasteiger partial charge in [0.1, 0.15) is 0 Å². The molecule has 2 aromatic heterocycles. The van der Waals surface area contributed by atoms with Crippen LogP contribution in [0, 0.1) is 13.8 Å². The van der Waals surface area contributed by atoms with Gasteiger partial charge < -0.3 is 10.3 Å². The third-order valence-electron chi connectivity index (χ3n) is 3.24. The maximum atomic E-state index is 12.3. The Balaban J connectivity index is 2.20. The quantitative estimate of drug-likeness (QED) is 0.911. The average Bonchev–Trinajstić information content (AvgIpc) is 2.76. The Kier molecular flexibility index (Phi) is 4.57. The minimum Gasteiger partial charge on any atom is -0.344 e. The van der Waals surface area contributed by atoms with E-state index in [4.69, 9.17) is 0 Å². The number of nitrogens with one attached hydrogen (secondary N) is 2. The molecule has 112 valence electrons. The molecule has 21 heavy (non-hydrogen) atoms. The second kappa shape index (κ2) is 6.22. The average molecular weight is 305 g/mol. The van der Waals surface area contributed by atoms with Gasteiger partial charge in [0.25, 0.3) is 5.91 Å². The van der Waals surface area contributed by atoms with Crippen LogP contribution < -0.4 is 10.9 Å². The van der Waals surface area contributed by atoms with Gasteiger partial charge in [-0.25, -0.2) is 4.98 Å². The lowest BCUT2D eigenvalue weighted by Gasteiger charge is -2.13. The molecule has 0 spiro atoms. The highest BCUT2D eigenvalue weighted by Gasteiger charge is 2.17. The molecule has 2 aromatic rings. The van der Waals surface area contributed by atoms with Crippen LogP contribution in [0.3, 0.4) is 0 Å². The zero-order valence-electron chi connectivity index (χ0n) is 12.6. The monoisotopic (exact) mass is 305 g/mol. The van der Waals surface area contributed by atoms with Crippen LogP contribution in [-0.4, -0.2) is 15.9 Å². The molecule has 5 nitrogen and oxygen atoms in total. The minimum atomic E-state index is -0.257. The molecule has 0 radical (unpaired) electrons. The number of pyridine rings is 1. The zero-order chi connectivity index (χ0) is 15.6. The molecule has 0 saturated carbocycles. The topological polar surface area (TPSA) is 74.8 Å². The van der Waals surface area contributed by atoms with Crippen molar-refractivity contribution in [3.8, 4) is 0 Å². The molecule has 2 N–H and O–H groups in total. The van der Waals surface area contributed by atoms with Gasteiger partial charge in [0.05, 0.1) is 16.7 Å². The van der Waals surface area contributed by atoms with Crippen LogP contribution in [0.4, 0.5) is 0 Å². The number of aryl methyl sites for hydroxylation is 3. The smallest absolute Gasteiger partial charge is 0.252 e. The van der Waals surface area contributed by atoms with Crippen LogP contribution in [0.5, 0.6) is 0 Å². The predicted octanol–water partition coefficient (Wildman–Crippen LogP) is 2.50. The highest BCUT2D eigenvalue weighted by molar-refractivity contribution is 7.11. The summed E-state index contributed by atoms with van der Waals surface area (Å²) in [5.74, 6) is -0.256. The summed E-state index contributed by atoms with van der Waals surface area (Å²) >= 11 is 1.61. The summed E-state index contributed by atoms with van der Waals surface area (Å²) in [4.78, 5) is 32.1. The van der Waals surface area contributed by atoms with Gasteiger partial charge in [-0.05, 0) is 33.3 Å². The van der Waals surface area contributed by atoms with Crippen molar-refractivity contribution in [3.63, 3.8) is 0 Å². The summed E-state index contributed by atoms with van der Waals surface area (Å²) in [5.41, 5.74) is 1.76. The maximum Gasteiger partial charge on any atom is 0.252 e. The Hall–Kier alpha value is -1.95. The largest absolute Gasteiger partial charge is 0.344 e. The number of carbonyl (C=O) groups excluding carboxylic acids is 1. The number of amides is 1. The van der Waals surface area contributed by atoms with Gasteiger partial charge in [0, 0.05) is 22.2 Å². The number of aromatic nitrogens is 2. The minimum absolute atomic E-state index is 0.188. The summed E-state index contributed by atoms with van der Waals surface area (Å²) in [5, 5.41) is 3.88. The van der Waals surface area contributed by atoms with Crippen molar-refractivity contribution in [1.29, 1.82) is 0 Å². The SMILES string of the molecule is CCc1cc(C(=O)N[C@H](C)c2nc(C)sc2C)cc(=O)[nH]1. The molecule has 0 bridgehead atoms. The number of hydrogen-bond acceptors (Lipinski definition) is 4. The standard InChI is InChI=1S/C15H19N3O2S/c1-5-12-6-11(7-13(19)18-12)15(20)16-8(2)14-9(3)21-10(4)17-14/h6-8H,5H2,1-4H3,(H,16,20)(H,18,19)/t8-/m1/s1. The first-order valence-corrected chi connectivity index (χ1v) is 7.70. The molecule has 0 aliphatic heterocycles. The number of thiazole rings is 1. The fourth-order valence-corrected chi connectivity index (χ4v) is 3.13. The van der Waals surface area contributed by atoms with Gasteiger partial charge in [-0.3, -0.25) is 9.59 Å². The van der Waals surface area contributed by atoms with Crippen LogP contribution in [0.15, 0.2) is 16.9 Å². The second-order valence-electron chi connectivity index (χ2n) is 4.98. The Morgan fingerprint density at radius 2 is 2.14 bits per heavy atom. The molecule has 0 fully saturated rings. The van der Waals surface area contributed by atoms with Gasteiger partial charge in [-0.15, -0.1) is 11.3 Å². The van der Waals surface area contributed by atoms with Crippen molar-refractivity contribution in [2.45, 2.75) is 40.2 Å². The van der Waals surface area contributed by atoms with Crippen LogP contribution in [0.25, 0.3) is 0 Å². The number of carbonyl (C=O) groups is 1. The van der Waals surface area contributed by atoms with E-state index in [1.54, 1.807) is 17.4 Å². The van der Waals surface area contributed by atoms with Crippen molar-refractivity contribution in [2.24, 2.45) is 0 Å². The lowest BCUT2D eigenvalue weighted by Crippen LogP contribution is -2.28. The van der Waals surface area contributed by atoms with E-state index < -0.39 is 0 Å². The lowest BCUT2D eigenvalue weighted by atomic mass is 10.1. The Labute approximate surface area is 127 Å². The highest BCUT2D eigenvalue weighted by Crippen LogP contribution is 2.22. The number of rotatable bonds is 4. The van der Waals surface area contributed by atoms with E-state index in [-0.39, 0.29) is 17.5 Å². The molecule has 0 aliphatic rings. The highest BCUT2D eigenvalue weighted by atomic mass is 32.1. The second-order valence-corrected chi connectivity index (χ2v) is 6.39. The molecule has 2 heterocycles. The summed E-state index contributed by atoms with van der Waals surface area (Å²) in [7, 11) is 0. The van der Waals surface area contributed by atoms with Crippen LogP contribution >= 0.6 is 11.3 Å². The van der Waals surface area contributed by atoms with Gasteiger partial charge in [0.2, 0.25) is 5.56 Å². The van der Waals surface area contributed by atoms with Gasteiger partial charge in [0.15, 0.2) is 0 Å². The summed E-state index contributed by atoms with van der Waals surface area (Å²) in [6.07, 6.45) is 0.677. The van der Waals surface area contributed by atoms with E-state index in [0.717, 1.165) is 21.3 Å². The molecule has 6 heteroatoms. The number of nitrogens with zero attached hydrogens (tertiary/aromatic N) is 1. The van der Waals surface area contributed by atoms with Crippen molar-refractivity contribution in [1.82, 2.24) is 15.3 Å². The zero-order valence-corrected chi connectivity index (χ0v) is 13.4. The molecular formula is C15H19N3O2S. The normalized spacial score (nSPS) is 12.2. The Morgan fingerprint density at radius 1 is 1.43 bits per heavy atom. The molecule has 1 amide bonds. The molecule has 2 rings (SSSR count). The lowest BCUT2D eigenvalue weighted by molar-refractivity contribution is 0.0938. The first-order chi connectivity index (χ1) is 9.90. The fourth-order valence-electron chi connectivity index (χ4n) is 2.22. The molecule has 0 aromatic carbocycles. The van der Waals surface area contributed by atoms with Crippen LogP contribution in [-0.2, 0) is 6.42 Å². The van der Waals surface area contributed by atoms with Gasteiger partial charge in [-0.1, -0.05) is 6.92 Å². The number of aromatic amines is 1. The van der Waals surface area contributed by atoms with E-state index in [1.165, 1.54) is 6.07 Å². The number of hydrogen-bond donors (Lipinski definition) is 2. The third kappa shape index (κ3) is 3.58. The van der Waals surface area contributed by atoms with Crippen molar-refractivity contribution < 1.29 is 4.79 Å². The molecule has 0 saturated heterocycles.